The number of aryl methyl sites for hydroxylation is 1. The van der Waals surface area contributed by atoms with Gasteiger partial charge in [0, 0.05) is 24.0 Å². The lowest BCUT2D eigenvalue weighted by atomic mass is 10.1. The van der Waals surface area contributed by atoms with Gasteiger partial charge in [0.1, 0.15) is 5.00 Å². The molecule has 1 saturated carbocycles. The molecule has 2 fully saturated rings. The third-order valence-electron chi connectivity index (χ3n) is 5.70. The molecular weight excluding hydrogens is 408 g/mol. The Kier molecular flexibility index (Phi) is 4.99. The van der Waals surface area contributed by atoms with Gasteiger partial charge in [0.25, 0.3) is 5.91 Å². The summed E-state index contributed by atoms with van der Waals surface area (Å²) in [6.45, 7) is 2.05. The van der Waals surface area contributed by atoms with E-state index in [1.54, 1.807) is 0 Å². The molecule has 2 aromatic heterocycles. The molecule has 0 bridgehead atoms. The fourth-order valence-corrected chi connectivity index (χ4v) is 6.31. The number of nitrogens with two attached hydrogens (primary N) is 1. The number of aromatic nitrogens is 3. The average Bonchev–Trinajstić information content (AvgIpc) is 3.11. The summed E-state index contributed by atoms with van der Waals surface area (Å²) in [6, 6.07) is 0.452. The smallest absolute Gasteiger partial charge is 0.251 e. The van der Waals surface area contributed by atoms with Crippen molar-refractivity contribution in [1.29, 1.82) is 0 Å². The van der Waals surface area contributed by atoms with Crippen molar-refractivity contribution in [1.82, 2.24) is 14.8 Å². The average molecular weight is 433 g/mol. The Morgan fingerprint density at radius 3 is 2.69 bits per heavy atom. The van der Waals surface area contributed by atoms with Crippen LogP contribution in [0.1, 0.15) is 58.9 Å². The Morgan fingerprint density at radius 1 is 1.17 bits per heavy atom. The highest BCUT2D eigenvalue weighted by atomic mass is 32.2. The highest BCUT2D eigenvalue weighted by molar-refractivity contribution is 7.99. The van der Waals surface area contributed by atoms with Gasteiger partial charge in [-0.1, -0.05) is 11.8 Å². The minimum Gasteiger partial charge on any atom is -0.365 e. The van der Waals surface area contributed by atoms with Crippen LogP contribution in [0, 0.1) is 0 Å². The fraction of sp³-hybridized carbons (Fsp3) is 0.579. The molecule has 29 heavy (non-hydrogen) atoms. The molecule has 0 spiro atoms. The summed E-state index contributed by atoms with van der Waals surface area (Å²) < 4.78 is 2.21. The second kappa shape index (κ2) is 7.64. The van der Waals surface area contributed by atoms with Crippen molar-refractivity contribution in [3.05, 3.63) is 16.0 Å². The van der Waals surface area contributed by atoms with Crippen molar-refractivity contribution in [2.75, 3.05) is 29.1 Å². The number of nitrogens with one attached hydrogen (secondary N) is 1. The maximum atomic E-state index is 12.6. The van der Waals surface area contributed by atoms with E-state index in [1.807, 2.05) is 0 Å². The molecule has 3 N–H and O–H groups in total. The van der Waals surface area contributed by atoms with Crippen molar-refractivity contribution in [3.8, 4) is 0 Å². The summed E-state index contributed by atoms with van der Waals surface area (Å²) in [6.07, 6.45) is 7.52. The molecule has 2 aromatic rings. The Balaban J connectivity index is 1.28. The Labute approximate surface area is 177 Å². The molecule has 3 aliphatic rings. The lowest BCUT2D eigenvalue weighted by Gasteiger charge is -2.17. The first-order valence-electron chi connectivity index (χ1n) is 10.2. The number of hydrogen-bond acceptors (Lipinski definition) is 7. The zero-order chi connectivity index (χ0) is 20.0. The zero-order valence-corrected chi connectivity index (χ0v) is 17.8. The van der Waals surface area contributed by atoms with Gasteiger partial charge in [-0.3, -0.25) is 14.2 Å². The van der Waals surface area contributed by atoms with Crippen LogP contribution >= 0.6 is 23.1 Å². The maximum absolute atomic E-state index is 12.6. The number of thiophene rings is 1. The minimum atomic E-state index is -0.462. The third-order valence-corrected chi connectivity index (χ3v) is 7.85. The lowest BCUT2D eigenvalue weighted by molar-refractivity contribution is -0.113. The largest absolute Gasteiger partial charge is 0.365 e. The van der Waals surface area contributed by atoms with Gasteiger partial charge in [-0.15, -0.1) is 21.5 Å². The summed E-state index contributed by atoms with van der Waals surface area (Å²) >= 11 is 2.89. The van der Waals surface area contributed by atoms with E-state index in [4.69, 9.17) is 5.73 Å². The number of carbonyl (C=O) groups is 2. The highest BCUT2D eigenvalue weighted by Crippen LogP contribution is 2.42. The maximum Gasteiger partial charge on any atom is 0.251 e. The number of amides is 2. The predicted molar refractivity (Wildman–Crippen MR) is 114 cm³/mol. The van der Waals surface area contributed by atoms with Gasteiger partial charge < -0.3 is 16.0 Å². The molecule has 1 saturated heterocycles. The normalized spacial score (nSPS) is 18.3. The first-order valence-corrected chi connectivity index (χ1v) is 12.0. The summed E-state index contributed by atoms with van der Waals surface area (Å²) in [5.41, 5.74) is 7.10. The van der Waals surface area contributed by atoms with E-state index in [1.165, 1.54) is 40.8 Å². The van der Waals surface area contributed by atoms with Crippen LogP contribution in [0.2, 0.25) is 0 Å². The third kappa shape index (κ3) is 3.63. The van der Waals surface area contributed by atoms with E-state index < -0.39 is 5.91 Å². The first kappa shape index (κ1) is 18.9. The number of rotatable bonds is 7. The molecule has 0 atom stereocenters. The van der Waals surface area contributed by atoms with Gasteiger partial charge in [0.05, 0.1) is 11.3 Å². The van der Waals surface area contributed by atoms with Gasteiger partial charge in [-0.2, -0.15) is 0 Å². The number of primary amides is 1. The van der Waals surface area contributed by atoms with Crippen molar-refractivity contribution in [2.45, 2.75) is 56.1 Å². The van der Waals surface area contributed by atoms with Crippen LogP contribution in [0.4, 0.5) is 10.9 Å². The van der Waals surface area contributed by atoms with Crippen LogP contribution in [0.25, 0.3) is 0 Å². The number of nitrogens with zero attached hydrogens (tertiary/aromatic N) is 4. The molecule has 8 nitrogen and oxygen atoms in total. The fourth-order valence-electron chi connectivity index (χ4n) is 4.20. The molecule has 2 amide bonds. The summed E-state index contributed by atoms with van der Waals surface area (Å²) in [4.78, 5) is 28.0. The van der Waals surface area contributed by atoms with Crippen molar-refractivity contribution < 1.29 is 9.59 Å². The topological polar surface area (TPSA) is 106 Å². The molecule has 5 rings (SSSR count). The molecule has 154 valence electrons. The van der Waals surface area contributed by atoms with Crippen LogP contribution in [-0.4, -0.2) is 45.4 Å². The van der Waals surface area contributed by atoms with E-state index in [9.17, 15) is 9.59 Å². The predicted octanol–water partition coefficient (Wildman–Crippen LogP) is 2.59. The van der Waals surface area contributed by atoms with Gasteiger partial charge in [-0.25, -0.2) is 0 Å². The molecule has 10 heteroatoms. The van der Waals surface area contributed by atoms with Crippen LogP contribution in [0.5, 0.6) is 0 Å². The standard InChI is InChI=1S/C19H24N6O2S2/c20-16(27)15-12-4-3-5-13(12)29-17(15)21-14(26)10-28-19-23-22-18(24-8-1-2-9-24)25(19)11-6-7-11/h11H,1-10H2,(H2,20,27)(H,21,26). The molecule has 0 aromatic carbocycles. The number of thioether (sulfide) groups is 1. The van der Waals surface area contributed by atoms with Crippen LogP contribution in [0.15, 0.2) is 5.16 Å². The van der Waals surface area contributed by atoms with E-state index in [2.05, 4.69) is 25.0 Å². The van der Waals surface area contributed by atoms with E-state index in [-0.39, 0.29) is 11.7 Å². The van der Waals surface area contributed by atoms with Gasteiger partial charge in [0.15, 0.2) is 5.16 Å². The van der Waals surface area contributed by atoms with E-state index in [0.29, 0.717) is 16.6 Å². The van der Waals surface area contributed by atoms with Crippen LogP contribution in [-0.2, 0) is 17.6 Å². The summed E-state index contributed by atoms with van der Waals surface area (Å²) in [5, 5.41) is 13.1. The van der Waals surface area contributed by atoms with Crippen LogP contribution < -0.4 is 16.0 Å². The summed E-state index contributed by atoms with van der Waals surface area (Å²) in [7, 11) is 0. The molecule has 1 aliphatic heterocycles. The van der Waals surface area contributed by atoms with Crippen molar-refractivity contribution >= 4 is 45.9 Å². The quantitative estimate of drug-likeness (QED) is 0.652. The van der Waals surface area contributed by atoms with Crippen molar-refractivity contribution in [2.24, 2.45) is 5.73 Å². The number of anilines is 2. The Hall–Kier alpha value is -2.07. The van der Waals surface area contributed by atoms with Crippen LogP contribution in [0.3, 0.4) is 0 Å². The second-order valence-electron chi connectivity index (χ2n) is 7.84. The number of carbonyl (C=O) groups excluding carboxylic acids is 2. The number of fused-ring (bicyclic) bond motifs is 1. The molecule has 3 heterocycles. The van der Waals surface area contributed by atoms with Gasteiger partial charge in [0.2, 0.25) is 11.9 Å². The SMILES string of the molecule is NC(=O)c1c(NC(=O)CSc2nnc(N3CCCC3)n2C2CC2)sc2c1CCC2. The summed E-state index contributed by atoms with van der Waals surface area (Å²) in [5.74, 6) is 0.561. The molecule has 0 unspecified atom stereocenters. The van der Waals surface area contributed by atoms with Gasteiger partial charge >= 0.3 is 0 Å². The monoisotopic (exact) mass is 432 g/mol. The lowest BCUT2D eigenvalue weighted by Crippen LogP contribution is -2.22. The molecule has 2 aliphatic carbocycles. The minimum absolute atomic E-state index is 0.148. The Bertz CT molecular complexity index is 958. The second-order valence-corrected chi connectivity index (χ2v) is 9.89. The van der Waals surface area contributed by atoms with E-state index >= 15 is 0 Å². The Morgan fingerprint density at radius 2 is 1.97 bits per heavy atom. The van der Waals surface area contributed by atoms with Crippen molar-refractivity contribution in [3.63, 3.8) is 0 Å². The zero-order valence-electron chi connectivity index (χ0n) is 16.1. The highest BCUT2D eigenvalue weighted by Gasteiger charge is 2.32. The first-order chi connectivity index (χ1) is 14.1. The molecular formula is C19H24N6O2S2. The van der Waals surface area contributed by atoms with E-state index in [0.717, 1.165) is 61.9 Å². The van der Waals surface area contributed by atoms with Gasteiger partial charge in [-0.05, 0) is 50.5 Å². The molecule has 0 radical (unpaired) electrons. The number of hydrogen-bond donors (Lipinski definition) is 2.